The van der Waals surface area contributed by atoms with E-state index in [9.17, 15) is 14.4 Å². The summed E-state index contributed by atoms with van der Waals surface area (Å²) in [5.74, 6) is -0.327. The largest absolute Gasteiger partial charge is 0.493 e. The Bertz CT molecular complexity index is 1070. The first-order chi connectivity index (χ1) is 14.9. The van der Waals surface area contributed by atoms with Crippen molar-refractivity contribution in [3.8, 4) is 11.5 Å². The number of benzene rings is 2. The van der Waals surface area contributed by atoms with Crippen molar-refractivity contribution < 1.29 is 23.9 Å². The molecular formula is C24H24N2O5. The van der Waals surface area contributed by atoms with E-state index >= 15 is 0 Å². The van der Waals surface area contributed by atoms with Crippen molar-refractivity contribution in [2.24, 2.45) is 11.8 Å². The van der Waals surface area contributed by atoms with Crippen molar-refractivity contribution in [2.45, 2.75) is 19.8 Å². The summed E-state index contributed by atoms with van der Waals surface area (Å²) >= 11 is 0. The van der Waals surface area contributed by atoms with E-state index in [1.54, 1.807) is 42.5 Å². The molecule has 2 aromatic rings. The molecule has 7 nitrogen and oxygen atoms in total. The van der Waals surface area contributed by atoms with Crippen LogP contribution in [0, 0.1) is 11.8 Å². The maximum absolute atomic E-state index is 12.9. The molecule has 7 heteroatoms. The standard InChI is InChI=1S/C24H24N2O5/c1-14-7-12-17-18(13-14)24(29)26(23(17)28)16-10-8-15(9-11-16)22(27)25-19-5-4-6-20(30-2)21(19)31-3/h4-11,17-18H,12-13H2,1-3H3,(H,25,27)/t17-,18+/m1/s1. The Morgan fingerprint density at radius 2 is 1.71 bits per heavy atom. The quantitative estimate of drug-likeness (QED) is 0.587. The number of nitrogens with one attached hydrogen (secondary N) is 1. The van der Waals surface area contributed by atoms with E-state index in [4.69, 9.17) is 9.47 Å². The summed E-state index contributed by atoms with van der Waals surface area (Å²) in [6.07, 6.45) is 3.26. The van der Waals surface area contributed by atoms with Crippen LogP contribution < -0.4 is 19.7 Å². The molecule has 1 aliphatic carbocycles. The lowest BCUT2D eigenvalue weighted by atomic mass is 9.82. The summed E-state index contributed by atoms with van der Waals surface area (Å²) in [5.41, 5.74) is 2.50. The Balaban J connectivity index is 1.52. The maximum atomic E-state index is 12.9. The highest BCUT2D eigenvalue weighted by molar-refractivity contribution is 6.22. The van der Waals surface area contributed by atoms with E-state index in [2.05, 4.69) is 5.32 Å². The lowest BCUT2D eigenvalue weighted by molar-refractivity contribution is -0.122. The third-order valence-corrected chi connectivity index (χ3v) is 5.86. The number of anilines is 2. The fourth-order valence-corrected chi connectivity index (χ4v) is 4.23. The summed E-state index contributed by atoms with van der Waals surface area (Å²) in [5, 5.41) is 2.81. The summed E-state index contributed by atoms with van der Waals surface area (Å²) in [6, 6.07) is 11.7. The lowest BCUT2D eigenvalue weighted by Gasteiger charge is -2.18. The maximum Gasteiger partial charge on any atom is 0.255 e. The lowest BCUT2D eigenvalue weighted by Crippen LogP contribution is -2.30. The molecule has 0 unspecified atom stereocenters. The molecular weight excluding hydrogens is 396 g/mol. The van der Waals surface area contributed by atoms with Gasteiger partial charge in [-0.3, -0.25) is 19.3 Å². The van der Waals surface area contributed by atoms with Gasteiger partial charge in [0.25, 0.3) is 5.91 Å². The molecule has 2 aliphatic rings. The van der Waals surface area contributed by atoms with E-state index < -0.39 is 0 Å². The summed E-state index contributed by atoms with van der Waals surface area (Å²) in [7, 11) is 3.03. The number of ether oxygens (including phenoxy) is 2. The Morgan fingerprint density at radius 3 is 2.39 bits per heavy atom. The minimum atomic E-state index is -0.342. The minimum absolute atomic E-state index is 0.166. The fourth-order valence-electron chi connectivity index (χ4n) is 4.23. The number of fused-ring (bicyclic) bond motifs is 1. The topological polar surface area (TPSA) is 84.9 Å². The summed E-state index contributed by atoms with van der Waals surface area (Å²) < 4.78 is 10.6. The summed E-state index contributed by atoms with van der Waals surface area (Å²) in [4.78, 5) is 39.7. The van der Waals surface area contributed by atoms with Crippen molar-refractivity contribution in [2.75, 3.05) is 24.4 Å². The second-order valence-electron chi connectivity index (χ2n) is 7.76. The Morgan fingerprint density at radius 1 is 1.00 bits per heavy atom. The highest BCUT2D eigenvalue weighted by Crippen LogP contribution is 2.40. The van der Waals surface area contributed by atoms with Crippen molar-refractivity contribution >= 4 is 29.1 Å². The van der Waals surface area contributed by atoms with Gasteiger partial charge in [-0.05, 0) is 56.2 Å². The van der Waals surface area contributed by atoms with Gasteiger partial charge in [0.15, 0.2) is 11.5 Å². The Kier molecular flexibility index (Phi) is 5.50. The van der Waals surface area contributed by atoms with Gasteiger partial charge in [-0.15, -0.1) is 0 Å². The average Bonchev–Trinajstić information content (AvgIpc) is 3.02. The van der Waals surface area contributed by atoms with Crippen LogP contribution in [0.2, 0.25) is 0 Å². The number of rotatable bonds is 5. The van der Waals surface area contributed by atoms with E-state index in [0.717, 1.165) is 5.57 Å². The molecule has 0 saturated carbocycles. The zero-order valence-corrected chi connectivity index (χ0v) is 17.7. The molecule has 0 bridgehead atoms. The van der Waals surface area contributed by atoms with Gasteiger partial charge >= 0.3 is 0 Å². The average molecular weight is 420 g/mol. The third kappa shape index (κ3) is 3.67. The van der Waals surface area contributed by atoms with E-state index in [-0.39, 0.29) is 29.6 Å². The van der Waals surface area contributed by atoms with Crippen LogP contribution in [-0.4, -0.2) is 31.9 Å². The molecule has 31 heavy (non-hydrogen) atoms. The normalized spacial score (nSPS) is 20.2. The number of allylic oxidation sites excluding steroid dienone is 2. The molecule has 1 N–H and O–H groups in total. The minimum Gasteiger partial charge on any atom is -0.493 e. The molecule has 0 spiro atoms. The summed E-state index contributed by atoms with van der Waals surface area (Å²) in [6.45, 7) is 1.99. The molecule has 4 rings (SSSR count). The zero-order chi connectivity index (χ0) is 22.1. The third-order valence-electron chi connectivity index (χ3n) is 5.86. The number of amides is 3. The molecule has 1 aliphatic heterocycles. The van der Waals surface area contributed by atoms with Crippen LogP contribution in [0.1, 0.15) is 30.1 Å². The van der Waals surface area contributed by atoms with Crippen molar-refractivity contribution in [1.29, 1.82) is 0 Å². The molecule has 2 atom stereocenters. The van der Waals surface area contributed by atoms with Gasteiger partial charge < -0.3 is 14.8 Å². The first kappa shape index (κ1) is 20.7. The monoisotopic (exact) mass is 420 g/mol. The van der Waals surface area contributed by atoms with E-state index in [1.165, 1.54) is 19.1 Å². The number of imide groups is 1. The molecule has 1 heterocycles. The Hall–Kier alpha value is -3.61. The first-order valence-corrected chi connectivity index (χ1v) is 10.1. The van der Waals surface area contributed by atoms with Crippen LogP contribution in [0.3, 0.4) is 0 Å². The SMILES string of the molecule is COc1cccc(NC(=O)c2ccc(N3C(=O)[C@H]4CC(C)=CC[C@H]4C3=O)cc2)c1OC. The Labute approximate surface area is 180 Å². The van der Waals surface area contributed by atoms with Crippen LogP contribution in [-0.2, 0) is 9.59 Å². The molecule has 2 aromatic carbocycles. The second kappa shape index (κ2) is 8.26. The second-order valence-corrected chi connectivity index (χ2v) is 7.76. The van der Waals surface area contributed by atoms with E-state index in [1.807, 2.05) is 13.0 Å². The first-order valence-electron chi connectivity index (χ1n) is 10.1. The van der Waals surface area contributed by atoms with Crippen LogP contribution in [0.5, 0.6) is 11.5 Å². The number of methoxy groups -OCH3 is 2. The number of hydrogen-bond acceptors (Lipinski definition) is 5. The highest BCUT2D eigenvalue weighted by Gasteiger charge is 2.48. The number of hydrogen-bond donors (Lipinski definition) is 1. The molecule has 160 valence electrons. The number of nitrogens with zero attached hydrogens (tertiary/aromatic N) is 1. The van der Waals surface area contributed by atoms with Gasteiger partial charge in [0.2, 0.25) is 11.8 Å². The molecule has 3 amide bonds. The predicted octanol–water partition coefficient (Wildman–Crippen LogP) is 3.80. The number of carbonyl (C=O) groups is 3. The molecule has 0 radical (unpaired) electrons. The van der Waals surface area contributed by atoms with Gasteiger partial charge in [0.1, 0.15) is 0 Å². The van der Waals surface area contributed by atoms with Gasteiger partial charge in [-0.2, -0.15) is 0 Å². The van der Waals surface area contributed by atoms with Gasteiger partial charge in [0, 0.05) is 5.56 Å². The fraction of sp³-hybridized carbons (Fsp3) is 0.292. The number of carbonyl (C=O) groups excluding carboxylic acids is 3. The van der Waals surface area contributed by atoms with Crippen molar-refractivity contribution in [3.05, 3.63) is 59.7 Å². The van der Waals surface area contributed by atoms with Gasteiger partial charge in [-0.25, -0.2) is 0 Å². The molecule has 0 aromatic heterocycles. The number of para-hydroxylation sites is 1. The molecule has 1 saturated heterocycles. The smallest absolute Gasteiger partial charge is 0.255 e. The van der Waals surface area contributed by atoms with Crippen LogP contribution >= 0.6 is 0 Å². The predicted molar refractivity (Wildman–Crippen MR) is 116 cm³/mol. The van der Waals surface area contributed by atoms with Crippen molar-refractivity contribution in [1.82, 2.24) is 0 Å². The van der Waals surface area contributed by atoms with Crippen LogP contribution in [0.25, 0.3) is 0 Å². The highest BCUT2D eigenvalue weighted by atomic mass is 16.5. The van der Waals surface area contributed by atoms with E-state index in [0.29, 0.717) is 41.3 Å². The van der Waals surface area contributed by atoms with Gasteiger partial charge in [-0.1, -0.05) is 17.7 Å². The van der Waals surface area contributed by atoms with Crippen LogP contribution in [0.4, 0.5) is 11.4 Å². The van der Waals surface area contributed by atoms with Crippen molar-refractivity contribution in [3.63, 3.8) is 0 Å². The van der Waals surface area contributed by atoms with Crippen LogP contribution in [0.15, 0.2) is 54.1 Å². The van der Waals surface area contributed by atoms with Gasteiger partial charge in [0.05, 0.1) is 37.4 Å². The zero-order valence-electron chi connectivity index (χ0n) is 17.7. The molecule has 1 fully saturated rings.